The van der Waals surface area contributed by atoms with Gasteiger partial charge in [-0.25, -0.2) is 9.97 Å². The molecule has 3 heterocycles. The first-order valence-corrected chi connectivity index (χ1v) is 7.01. The van der Waals surface area contributed by atoms with Crippen molar-refractivity contribution in [2.45, 2.75) is 25.4 Å². The lowest BCUT2D eigenvalue weighted by Crippen LogP contribution is -2.45. The minimum Gasteiger partial charge on any atom is -0.390 e. The summed E-state index contributed by atoms with van der Waals surface area (Å²) in [6.07, 6.45) is 7.95. The maximum absolute atomic E-state index is 12.4. The Labute approximate surface area is 123 Å². The van der Waals surface area contributed by atoms with Gasteiger partial charge in [-0.05, 0) is 31.9 Å². The zero-order valence-electron chi connectivity index (χ0n) is 11.9. The van der Waals surface area contributed by atoms with Gasteiger partial charge in [-0.1, -0.05) is 0 Å². The number of hydrogen-bond donors (Lipinski definition) is 1. The van der Waals surface area contributed by atoms with Crippen LogP contribution < -0.4 is 0 Å². The number of aromatic nitrogens is 3. The van der Waals surface area contributed by atoms with Crippen LogP contribution in [-0.2, 0) is 0 Å². The maximum Gasteiger partial charge on any atom is 0.255 e. The van der Waals surface area contributed by atoms with Gasteiger partial charge in [-0.3, -0.25) is 9.36 Å². The first-order chi connectivity index (χ1) is 10.1. The van der Waals surface area contributed by atoms with Gasteiger partial charge in [0.15, 0.2) is 0 Å². The minimum atomic E-state index is -0.652. The minimum absolute atomic E-state index is 0.0322. The van der Waals surface area contributed by atoms with E-state index in [1.165, 1.54) is 0 Å². The van der Waals surface area contributed by atoms with Crippen molar-refractivity contribution >= 4 is 5.91 Å². The molecule has 3 rings (SSSR count). The van der Waals surface area contributed by atoms with E-state index in [-0.39, 0.29) is 5.91 Å². The summed E-state index contributed by atoms with van der Waals surface area (Å²) in [5.41, 5.74) is -0.0826. The Hall–Kier alpha value is -2.21. The number of aliphatic hydroxyl groups is 1. The molecule has 6 nitrogen and oxygen atoms in total. The molecule has 6 heteroatoms. The highest BCUT2D eigenvalue weighted by molar-refractivity contribution is 5.94. The fraction of sp³-hybridized carbons (Fsp3) is 0.400. The lowest BCUT2D eigenvalue weighted by Gasteiger charge is -2.35. The summed E-state index contributed by atoms with van der Waals surface area (Å²) in [5, 5.41) is 9.93. The van der Waals surface area contributed by atoms with Crippen molar-refractivity contribution in [1.82, 2.24) is 19.4 Å². The summed E-state index contributed by atoms with van der Waals surface area (Å²) >= 11 is 0. The second kappa shape index (κ2) is 5.29. The molecule has 2 aromatic rings. The van der Waals surface area contributed by atoms with Crippen LogP contribution in [-0.4, -0.2) is 49.1 Å². The molecule has 1 fully saturated rings. The summed E-state index contributed by atoms with van der Waals surface area (Å²) in [4.78, 5) is 22.4. The van der Waals surface area contributed by atoms with Crippen molar-refractivity contribution in [3.8, 4) is 5.82 Å². The number of hydrogen-bond acceptors (Lipinski definition) is 4. The van der Waals surface area contributed by atoms with Crippen LogP contribution in [0.15, 0.2) is 37.1 Å². The topological polar surface area (TPSA) is 71.2 Å². The number of carbonyl (C=O) groups excluding carboxylic acids is 1. The van der Waals surface area contributed by atoms with E-state index < -0.39 is 5.60 Å². The van der Waals surface area contributed by atoms with Crippen LogP contribution in [0.1, 0.15) is 30.1 Å². The summed E-state index contributed by atoms with van der Waals surface area (Å²) in [5.74, 6) is 0.695. The molecule has 1 amide bonds. The van der Waals surface area contributed by atoms with E-state index in [0.717, 1.165) is 5.82 Å². The molecule has 0 saturated carbocycles. The summed E-state index contributed by atoms with van der Waals surface area (Å²) in [6, 6.07) is 3.58. The Morgan fingerprint density at radius 1 is 1.33 bits per heavy atom. The smallest absolute Gasteiger partial charge is 0.255 e. The second-order valence-corrected chi connectivity index (χ2v) is 5.66. The van der Waals surface area contributed by atoms with Gasteiger partial charge in [-0.15, -0.1) is 0 Å². The lowest BCUT2D eigenvalue weighted by molar-refractivity contribution is -0.00203. The van der Waals surface area contributed by atoms with E-state index in [1.807, 2.05) is 6.92 Å². The van der Waals surface area contributed by atoms with E-state index >= 15 is 0 Å². The molecule has 110 valence electrons. The van der Waals surface area contributed by atoms with Gasteiger partial charge in [0, 0.05) is 31.7 Å². The molecule has 0 unspecified atom stereocenters. The standard InChI is InChI=1S/C15H18N4O2/c1-15(21)4-7-18(8-5-15)14(20)12-2-3-13(17-10-12)19-9-6-16-11-19/h2-3,6,9-11,21H,4-5,7-8H2,1H3. The predicted molar refractivity (Wildman–Crippen MR) is 77.1 cm³/mol. The predicted octanol–water partition coefficient (Wildman–Crippen LogP) is 1.25. The third kappa shape index (κ3) is 2.95. The Balaban J connectivity index is 1.71. The van der Waals surface area contributed by atoms with Crippen LogP contribution in [0.3, 0.4) is 0 Å². The Bertz CT molecular complexity index is 610. The molecule has 0 radical (unpaired) electrons. The first-order valence-electron chi connectivity index (χ1n) is 7.01. The van der Waals surface area contributed by atoms with E-state index in [2.05, 4.69) is 9.97 Å². The highest BCUT2D eigenvalue weighted by atomic mass is 16.3. The van der Waals surface area contributed by atoms with Crippen molar-refractivity contribution < 1.29 is 9.90 Å². The largest absolute Gasteiger partial charge is 0.390 e. The molecule has 1 N–H and O–H groups in total. The van der Waals surface area contributed by atoms with E-state index in [0.29, 0.717) is 31.5 Å². The molecule has 0 aromatic carbocycles. The average Bonchev–Trinajstić information content (AvgIpc) is 3.01. The third-order valence-corrected chi connectivity index (χ3v) is 3.89. The highest BCUT2D eigenvalue weighted by Crippen LogP contribution is 2.22. The molecule has 21 heavy (non-hydrogen) atoms. The molecule has 0 atom stereocenters. The molecule has 0 spiro atoms. The number of nitrogens with zero attached hydrogens (tertiary/aromatic N) is 4. The van der Waals surface area contributed by atoms with Gasteiger partial charge in [-0.2, -0.15) is 0 Å². The number of pyridine rings is 1. The molecular weight excluding hydrogens is 268 g/mol. The van der Waals surface area contributed by atoms with E-state index in [4.69, 9.17) is 0 Å². The monoisotopic (exact) mass is 286 g/mol. The molecule has 1 aliphatic rings. The summed E-state index contributed by atoms with van der Waals surface area (Å²) in [7, 11) is 0. The molecule has 0 aliphatic carbocycles. The van der Waals surface area contributed by atoms with Crippen LogP contribution in [0, 0.1) is 0 Å². The zero-order valence-corrected chi connectivity index (χ0v) is 11.9. The number of carbonyl (C=O) groups is 1. The SMILES string of the molecule is CC1(O)CCN(C(=O)c2ccc(-n3ccnc3)nc2)CC1. The van der Waals surface area contributed by atoms with Gasteiger partial charge in [0.05, 0.1) is 11.2 Å². The highest BCUT2D eigenvalue weighted by Gasteiger charge is 2.29. The number of piperidine rings is 1. The maximum atomic E-state index is 12.4. The van der Waals surface area contributed by atoms with Crippen molar-refractivity contribution in [2.75, 3.05) is 13.1 Å². The quantitative estimate of drug-likeness (QED) is 0.902. The fourth-order valence-corrected chi connectivity index (χ4v) is 2.43. The Kier molecular flexibility index (Phi) is 3.47. The normalized spacial score (nSPS) is 17.7. The first kappa shape index (κ1) is 13.8. The molecule has 1 saturated heterocycles. The van der Waals surface area contributed by atoms with Crippen molar-refractivity contribution in [3.05, 3.63) is 42.6 Å². The van der Waals surface area contributed by atoms with Crippen LogP contribution in [0.2, 0.25) is 0 Å². The van der Waals surface area contributed by atoms with Crippen LogP contribution in [0.25, 0.3) is 5.82 Å². The van der Waals surface area contributed by atoms with Crippen molar-refractivity contribution in [1.29, 1.82) is 0 Å². The Morgan fingerprint density at radius 3 is 2.67 bits per heavy atom. The molecule has 0 bridgehead atoms. The number of imidazole rings is 1. The lowest BCUT2D eigenvalue weighted by atomic mass is 9.93. The van der Waals surface area contributed by atoms with Gasteiger partial charge < -0.3 is 10.0 Å². The Morgan fingerprint density at radius 2 is 2.10 bits per heavy atom. The summed E-state index contributed by atoms with van der Waals surface area (Å²) < 4.78 is 1.78. The molecule has 2 aromatic heterocycles. The van der Waals surface area contributed by atoms with Crippen LogP contribution in [0.5, 0.6) is 0 Å². The third-order valence-electron chi connectivity index (χ3n) is 3.89. The molecule has 1 aliphatic heterocycles. The number of amides is 1. The van der Waals surface area contributed by atoms with Crippen molar-refractivity contribution in [2.24, 2.45) is 0 Å². The van der Waals surface area contributed by atoms with Gasteiger partial charge >= 0.3 is 0 Å². The van der Waals surface area contributed by atoms with Gasteiger partial charge in [0.25, 0.3) is 5.91 Å². The number of likely N-dealkylation sites (tertiary alicyclic amines) is 1. The van der Waals surface area contributed by atoms with Gasteiger partial charge in [0.1, 0.15) is 12.1 Å². The van der Waals surface area contributed by atoms with Crippen LogP contribution >= 0.6 is 0 Å². The zero-order chi connectivity index (χ0) is 14.9. The average molecular weight is 286 g/mol. The molecular formula is C15H18N4O2. The fourth-order valence-electron chi connectivity index (χ4n) is 2.43. The van der Waals surface area contributed by atoms with E-state index in [1.54, 1.807) is 46.5 Å². The van der Waals surface area contributed by atoms with Crippen LogP contribution in [0.4, 0.5) is 0 Å². The number of rotatable bonds is 2. The van der Waals surface area contributed by atoms with Gasteiger partial charge in [0.2, 0.25) is 0 Å². The van der Waals surface area contributed by atoms with Crippen molar-refractivity contribution in [3.63, 3.8) is 0 Å². The summed E-state index contributed by atoms with van der Waals surface area (Å²) in [6.45, 7) is 2.97. The van der Waals surface area contributed by atoms with E-state index in [9.17, 15) is 9.90 Å². The second-order valence-electron chi connectivity index (χ2n) is 5.66.